The zero-order valence-corrected chi connectivity index (χ0v) is 14.0. The maximum atomic E-state index is 12.6. The molecule has 7 heteroatoms. The molecular weight excluding hydrogens is 314 g/mol. The van der Waals surface area contributed by atoms with Crippen LogP contribution in [0.1, 0.15) is 38.6 Å². The lowest BCUT2D eigenvalue weighted by atomic mass is 10.1. The topological polar surface area (TPSA) is 75.2 Å². The van der Waals surface area contributed by atoms with Gasteiger partial charge in [0.2, 0.25) is 10.0 Å². The summed E-state index contributed by atoms with van der Waals surface area (Å²) in [6.07, 6.45) is 2.88. The predicted molar refractivity (Wildman–Crippen MR) is 89.0 cm³/mol. The number of fused-ring (bicyclic) bond motifs is 1. The summed E-state index contributed by atoms with van der Waals surface area (Å²) in [5.41, 5.74) is 1.62. The third kappa shape index (κ3) is 2.25. The Balaban J connectivity index is 1.58. The number of benzene rings is 1. The highest BCUT2D eigenvalue weighted by Gasteiger charge is 2.53. The molecule has 1 N–H and O–H groups in total. The van der Waals surface area contributed by atoms with Crippen molar-refractivity contribution in [3.63, 3.8) is 0 Å². The van der Waals surface area contributed by atoms with Gasteiger partial charge in [0.05, 0.1) is 15.8 Å². The Bertz CT molecular complexity index is 900. The number of nitrogens with one attached hydrogen (secondary N) is 1. The molecule has 1 aliphatic heterocycles. The van der Waals surface area contributed by atoms with Gasteiger partial charge < -0.3 is 4.98 Å². The van der Waals surface area contributed by atoms with E-state index in [0.29, 0.717) is 25.9 Å². The summed E-state index contributed by atoms with van der Waals surface area (Å²) in [5.74, 6) is 0. The van der Waals surface area contributed by atoms with Gasteiger partial charge in [0.25, 0.3) is 0 Å². The van der Waals surface area contributed by atoms with Gasteiger partial charge in [-0.25, -0.2) is 17.5 Å². The minimum absolute atomic E-state index is 0.0529. The van der Waals surface area contributed by atoms with E-state index in [-0.39, 0.29) is 11.7 Å². The van der Waals surface area contributed by atoms with Gasteiger partial charge in [0.15, 0.2) is 0 Å². The Morgan fingerprint density at radius 3 is 2.48 bits per heavy atom. The molecule has 1 saturated heterocycles. The third-order valence-corrected chi connectivity index (χ3v) is 8.03. The number of imidazole rings is 1. The van der Waals surface area contributed by atoms with Crippen molar-refractivity contribution < 1.29 is 8.42 Å². The van der Waals surface area contributed by atoms with Crippen molar-refractivity contribution in [2.45, 2.75) is 43.4 Å². The average Bonchev–Trinajstić information content (AvgIpc) is 3.21. The fourth-order valence-corrected chi connectivity index (χ4v) is 5.46. The van der Waals surface area contributed by atoms with Crippen molar-refractivity contribution in [1.82, 2.24) is 13.9 Å². The molecule has 0 unspecified atom stereocenters. The molecule has 0 radical (unpaired) electrons. The summed E-state index contributed by atoms with van der Waals surface area (Å²) in [7, 11) is -3.20. The van der Waals surface area contributed by atoms with E-state index in [2.05, 4.69) is 4.98 Å². The largest absolute Gasteiger partial charge is 0.326 e. The summed E-state index contributed by atoms with van der Waals surface area (Å²) >= 11 is 0. The molecule has 0 bridgehead atoms. The van der Waals surface area contributed by atoms with E-state index in [1.165, 1.54) is 0 Å². The van der Waals surface area contributed by atoms with Gasteiger partial charge in [-0.2, -0.15) is 0 Å². The Morgan fingerprint density at radius 1 is 1.17 bits per heavy atom. The van der Waals surface area contributed by atoms with E-state index in [9.17, 15) is 13.2 Å². The molecule has 23 heavy (non-hydrogen) atoms. The quantitative estimate of drug-likeness (QED) is 0.930. The van der Waals surface area contributed by atoms with Crippen LogP contribution < -0.4 is 5.69 Å². The lowest BCUT2D eigenvalue weighted by molar-refractivity contribution is 0.272. The highest BCUT2D eigenvalue weighted by molar-refractivity contribution is 7.90. The fraction of sp³-hybridized carbons (Fsp3) is 0.562. The number of sulfonamides is 1. The lowest BCUT2D eigenvalue weighted by Crippen LogP contribution is -2.44. The number of hydrogen-bond acceptors (Lipinski definition) is 3. The van der Waals surface area contributed by atoms with Gasteiger partial charge in [-0.05, 0) is 44.7 Å². The molecule has 2 fully saturated rings. The number of nitrogens with zero attached hydrogens (tertiary/aromatic N) is 2. The lowest BCUT2D eigenvalue weighted by Gasteiger charge is -2.33. The number of para-hydroxylation sites is 2. The molecule has 4 rings (SSSR count). The van der Waals surface area contributed by atoms with Gasteiger partial charge in [0.1, 0.15) is 0 Å². The second-order valence-electron chi connectivity index (χ2n) is 6.90. The highest BCUT2D eigenvalue weighted by Crippen LogP contribution is 2.45. The Labute approximate surface area is 135 Å². The van der Waals surface area contributed by atoms with Crippen molar-refractivity contribution in [3.8, 4) is 0 Å². The van der Waals surface area contributed by atoms with Gasteiger partial charge in [-0.1, -0.05) is 12.1 Å². The summed E-state index contributed by atoms with van der Waals surface area (Å²) in [4.78, 5) is 15.1. The van der Waals surface area contributed by atoms with Crippen LogP contribution in [0.25, 0.3) is 11.0 Å². The minimum atomic E-state index is -3.20. The second kappa shape index (κ2) is 4.95. The first-order valence-electron chi connectivity index (χ1n) is 8.11. The number of aromatic amines is 1. The van der Waals surface area contributed by atoms with Gasteiger partial charge >= 0.3 is 5.69 Å². The van der Waals surface area contributed by atoms with E-state index in [4.69, 9.17) is 0 Å². The van der Waals surface area contributed by atoms with E-state index >= 15 is 0 Å². The zero-order chi connectivity index (χ0) is 16.2. The Morgan fingerprint density at radius 2 is 1.83 bits per heavy atom. The standard InChI is InChI=1S/C16H21N3O3S/c1-16(8-9-16)23(21,22)18-10-6-12(7-11-18)19-14-5-3-2-4-13(14)17-15(19)20/h2-5,12H,6-11H2,1H3,(H,17,20). The molecule has 2 heterocycles. The van der Waals surface area contributed by atoms with E-state index in [1.54, 1.807) is 8.87 Å². The molecule has 1 aromatic heterocycles. The first-order valence-corrected chi connectivity index (χ1v) is 9.55. The number of piperidine rings is 1. The maximum Gasteiger partial charge on any atom is 0.326 e. The van der Waals surface area contributed by atoms with Crippen LogP contribution >= 0.6 is 0 Å². The van der Waals surface area contributed by atoms with Crippen molar-refractivity contribution >= 4 is 21.1 Å². The van der Waals surface area contributed by atoms with Gasteiger partial charge in [-0.3, -0.25) is 4.57 Å². The van der Waals surface area contributed by atoms with E-state index in [1.807, 2.05) is 31.2 Å². The van der Waals surface area contributed by atoms with Crippen molar-refractivity contribution in [2.75, 3.05) is 13.1 Å². The van der Waals surface area contributed by atoms with Crippen molar-refractivity contribution in [3.05, 3.63) is 34.7 Å². The van der Waals surface area contributed by atoms with Crippen LogP contribution in [0, 0.1) is 0 Å². The van der Waals surface area contributed by atoms with Gasteiger partial charge in [-0.15, -0.1) is 0 Å². The molecule has 124 valence electrons. The smallest absolute Gasteiger partial charge is 0.306 e. The van der Waals surface area contributed by atoms with Crippen LogP contribution in [-0.2, 0) is 10.0 Å². The zero-order valence-electron chi connectivity index (χ0n) is 13.2. The first kappa shape index (κ1) is 15.0. The van der Waals surface area contributed by atoms with Crippen LogP contribution in [0.2, 0.25) is 0 Å². The fourth-order valence-electron chi connectivity index (χ4n) is 3.52. The summed E-state index contributed by atoms with van der Waals surface area (Å²) < 4.78 is 28.1. The van der Waals surface area contributed by atoms with Crippen LogP contribution in [0.4, 0.5) is 0 Å². The molecule has 2 aromatic rings. The number of rotatable bonds is 3. The molecule has 1 aromatic carbocycles. The number of aromatic nitrogens is 2. The van der Waals surface area contributed by atoms with Gasteiger partial charge in [0, 0.05) is 19.1 Å². The molecule has 1 aliphatic carbocycles. The minimum Gasteiger partial charge on any atom is -0.306 e. The molecule has 2 aliphatic rings. The molecule has 0 spiro atoms. The normalized spacial score (nSPS) is 22.5. The van der Waals surface area contributed by atoms with Crippen LogP contribution in [0.15, 0.2) is 29.1 Å². The van der Waals surface area contributed by atoms with Crippen molar-refractivity contribution in [2.24, 2.45) is 0 Å². The molecular formula is C16H21N3O3S. The van der Waals surface area contributed by atoms with Crippen molar-refractivity contribution in [1.29, 1.82) is 0 Å². The molecule has 6 nitrogen and oxygen atoms in total. The van der Waals surface area contributed by atoms with Crippen LogP contribution in [0.3, 0.4) is 0 Å². The second-order valence-corrected chi connectivity index (χ2v) is 9.35. The first-order chi connectivity index (χ1) is 10.9. The van der Waals surface area contributed by atoms with Crippen LogP contribution in [-0.4, -0.2) is 40.1 Å². The molecule has 0 atom stereocenters. The average molecular weight is 335 g/mol. The summed E-state index contributed by atoms with van der Waals surface area (Å²) in [6, 6.07) is 7.69. The molecule has 0 amide bonds. The van der Waals surface area contributed by atoms with E-state index < -0.39 is 14.8 Å². The number of hydrogen-bond donors (Lipinski definition) is 1. The predicted octanol–water partition coefficient (Wildman–Crippen LogP) is 1.85. The third-order valence-electron chi connectivity index (χ3n) is 5.33. The Hall–Kier alpha value is -1.60. The summed E-state index contributed by atoms with van der Waals surface area (Å²) in [5, 5.41) is 0. The maximum absolute atomic E-state index is 12.6. The SMILES string of the molecule is CC1(S(=O)(=O)N2CCC(n3c(=O)[nH]c4ccccc43)CC2)CC1. The Kier molecular flexibility index (Phi) is 3.22. The summed E-state index contributed by atoms with van der Waals surface area (Å²) in [6.45, 7) is 2.82. The monoisotopic (exact) mass is 335 g/mol. The molecule has 1 saturated carbocycles. The van der Waals surface area contributed by atoms with Crippen LogP contribution in [0.5, 0.6) is 0 Å². The highest BCUT2D eigenvalue weighted by atomic mass is 32.2. The van der Waals surface area contributed by atoms with E-state index in [0.717, 1.165) is 23.9 Å². The number of H-pyrrole nitrogens is 1.